The van der Waals surface area contributed by atoms with Gasteiger partial charge in [0.25, 0.3) is 6.43 Å². The Kier molecular flexibility index (Phi) is 6.61. The largest absolute Gasteiger partial charge is 0.351 e. The summed E-state index contributed by atoms with van der Waals surface area (Å²) in [6.07, 6.45) is 3.12. The fourth-order valence-corrected chi connectivity index (χ4v) is 7.00. The number of aryl methyl sites for hydroxylation is 2. The number of anilines is 1. The number of nitriles is 1. The van der Waals surface area contributed by atoms with Crippen LogP contribution >= 0.6 is 0 Å². The molecule has 0 amide bonds. The fourth-order valence-electron chi connectivity index (χ4n) is 5.61. The molecule has 0 bridgehead atoms. The summed E-state index contributed by atoms with van der Waals surface area (Å²) in [5, 5.41) is 17.1. The predicted molar refractivity (Wildman–Crippen MR) is 143 cm³/mol. The lowest BCUT2D eigenvalue weighted by Gasteiger charge is -2.26. The highest BCUT2D eigenvalue weighted by Gasteiger charge is 2.36. The predicted octanol–water partition coefficient (Wildman–Crippen LogP) is 4.65. The summed E-state index contributed by atoms with van der Waals surface area (Å²) in [6, 6.07) is 12.1. The van der Waals surface area contributed by atoms with Gasteiger partial charge in [0.2, 0.25) is 5.82 Å². The normalized spacial score (nSPS) is 19.2. The van der Waals surface area contributed by atoms with Gasteiger partial charge in [0.1, 0.15) is 22.9 Å². The van der Waals surface area contributed by atoms with Gasteiger partial charge in [-0.3, -0.25) is 4.40 Å². The molecule has 39 heavy (non-hydrogen) atoms. The molecule has 4 aromatic rings. The van der Waals surface area contributed by atoms with Gasteiger partial charge in [-0.15, -0.1) is 10.2 Å². The van der Waals surface area contributed by atoms with Crippen LogP contribution in [0.5, 0.6) is 0 Å². The first kappa shape index (κ1) is 25.5. The fraction of sp³-hybridized carbons (Fsp3) is 0.357. The average Bonchev–Trinajstić information content (AvgIpc) is 3.56. The Morgan fingerprint density at radius 2 is 2.03 bits per heavy atom. The number of halogens is 2. The van der Waals surface area contributed by atoms with Crippen molar-refractivity contribution >= 4 is 22.5 Å². The lowest BCUT2D eigenvalue weighted by Crippen LogP contribution is -2.38. The Hall–Kier alpha value is -3.75. The number of hydrogen-bond donors (Lipinski definition) is 0. The number of nitrogens with zero attached hydrogens (tertiary/aromatic N) is 7. The molecule has 1 fully saturated rings. The number of fused-ring (bicyclic) bond motifs is 4. The van der Waals surface area contributed by atoms with Gasteiger partial charge in [-0.2, -0.15) is 5.26 Å². The third-order valence-electron chi connectivity index (χ3n) is 7.76. The minimum atomic E-state index is -2.69. The molecule has 8 nitrogen and oxygen atoms in total. The Morgan fingerprint density at radius 1 is 1.18 bits per heavy atom. The van der Waals surface area contributed by atoms with Crippen molar-refractivity contribution in [3.05, 3.63) is 81.9 Å². The molecule has 2 aliphatic rings. The summed E-state index contributed by atoms with van der Waals surface area (Å²) in [5.74, 6) is 0.361. The maximum Gasteiger partial charge on any atom is 0.297 e. The standard InChI is InChI=1S/C28H27F2N7OS/c1-17-5-6-19(10-21-7-9-37-26(18(21)2)33-34-28(37)25(29)30)11-22(17)15-35-16-23-4-3-8-36(23)27-24(39(35)38)12-20(13-31)14-32-27/h5-7,9,11-12,14,23,25H,3-4,8,10,15-16H2,1-2H3. The lowest BCUT2D eigenvalue weighted by molar-refractivity contribution is 0.139. The van der Waals surface area contributed by atoms with E-state index in [9.17, 15) is 18.3 Å². The molecule has 0 radical (unpaired) electrons. The number of aromatic nitrogens is 4. The molecule has 2 atom stereocenters. The van der Waals surface area contributed by atoms with Crippen LogP contribution in [0.25, 0.3) is 5.65 Å². The van der Waals surface area contributed by atoms with E-state index < -0.39 is 17.4 Å². The maximum atomic E-state index is 13.8. The minimum Gasteiger partial charge on any atom is -0.351 e. The van der Waals surface area contributed by atoms with Crippen LogP contribution in [-0.4, -0.2) is 47.2 Å². The molecule has 0 N–H and O–H groups in total. The molecule has 3 aromatic heterocycles. The van der Waals surface area contributed by atoms with Gasteiger partial charge in [-0.25, -0.2) is 22.3 Å². The monoisotopic (exact) mass is 547 g/mol. The highest BCUT2D eigenvalue weighted by Crippen LogP contribution is 2.35. The number of hydrogen-bond acceptors (Lipinski definition) is 6. The van der Waals surface area contributed by atoms with E-state index in [1.807, 2.05) is 24.2 Å². The minimum absolute atomic E-state index is 0.217. The first-order valence-electron chi connectivity index (χ1n) is 12.9. The zero-order valence-corrected chi connectivity index (χ0v) is 22.5. The molecule has 0 saturated carbocycles. The first-order valence-corrected chi connectivity index (χ1v) is 14.0. The molecule has 0 spiro atoms. The molecular weight excluding hydrogens is 520 g/mol. The number of pyridine rings is 2. The van der Waals surface area contributed by atoms with Crippen LogP contribution < -0.4 is 4.90 Å². The number of benzene rings is 1. The van der Waals surface area contributed by atoms with Crippen molar-refractivity contribution < 1.29 is 13.0 Å². The topological polar surface area (TPSA) is 90.4 Å². The number of alkyl halides is 2. The molecule has 11 heteroatoms. The summed E-state index contributed by atoms with van der Waals surface area (Å²) in [7, 11) is -1.47. The zero-order valence-electron chi connectivity index (χ0n) is 21.6. The highest BCUT2D eigenvalue weighted by atomic mass is 32.2. The van der Waals surface area contributed by atoms with E-state index >= 15 is 0 Å². The van der Waals surface area contributed by atoms with Gasteiger partial charge in [0.05, 0.1) is 10.5 Å². The van der Waals surface area contributed by atoms with E-state index in [1.54, 1.807) is 18.5 Å². The summed E-state index contributed by atoms with van der Waals surface area (Å²) >= 11 is 0. The molecule has 2 unspecified atom stereocenters. The van der Waals surface area contributed by atoms with E-state index in [2.05, 4.69) is 44.3 Å². The third kappa shape index (κ3) is 4.57. The van der Waals surface area contributed by atoms with Crippen LogP contribution in [0.4, 0.5) is 14.6 Å². The van der Waals surface area contributed by atoms with Crippen molar-refractivity contribution in [3.8, 4) is 6.07 Å². The Labute approximate surface area is 227 Å². The van der Waals surface area contributed by atoms with E-state index in [0.717, 1.165) is 53.0 Å². The molecular formula is C28H27F2N7OS. The van der Waals surface area contributed by atoms with Crippen LogP contribution in [0.3, 0.4) is 0 Å². The Morgan fingerprint density at radius 3 is 2.82 bits per heavy atom. The van der Waals surface area contributed by atoms with Crippen LogP contribution in [-0.2, 0) is 24.0 Å². The van der Waals surface area contributed by atoms with Crippen molar-refractivity contribution in [2.24, 2.45) is 0 Å². The molecule has 0 aliphatic carbocycles. The third-order valence-corrected chi connectivity index (χ3v) is 9.19. The van der Waals surface area contributed by atoms with Crippen LogP contribution in [0.15, 0.2) is 47.6 Å². The molecule has 6 rings (SSSR count). The lowest BCUT2D eigenvalue weighted by atomic mass is 9.98. The molecule has 1 saturated heterocycles. The Bertz CT molecular complexity index is 1650. The van der Waals surface area contributed by atoms with Crippen molar-refractivity contribution in [3.63, 3.8) is 0 Å². The van der Waals surface area contributed by atoms with Crippen LogP contribution in [0.1, 0.15) is 58.5 Å². The van der Waals surface area contributed by atoms with E-state index in [-0.39, 0.29) is 11.9 Å². The summed E-state index contributed by atoms with van der Waals surface area (Å²) in [6.45, 7) is 5.92. The van der Waals surface area contributed by atoms with Gasteiger partial charge in [0.15, 0.2) is 5.65 Å². The SMILES string of the molecule is Cc1ccc(Cc2ccn3c(C(F)F)nnc3c2C)cc1CN1CC2CCCN2c2ncc(C#N)cc2S1=O. The zero-order chi connectivity index (χ0) is 27.3. The van der Waals surface area contributed by atoms with Gasteiger partial charge >= 0.3 is 0 Å². The highest BCUT2D eigenvalue weighted by molar-refractivity contribution is 7.82. The first-order chi connectivity index (χ1) is 18.8. The van der Waals surface area contributed by atoms with E-state index in [0.29, 0.717) is 35.6 Å². The summed E-state index contributed by atoms with van der Waals surface area (Å²) < 4.78 is 43.7. The second-order valence-corrected chi connectivity index (χ2v) is 11.6. The van der Waals surface area contributed by atoms with Crippen molar-refractivity contribution in [2.45, 2.75) is 57.0 Å². The molecule has 2 aliphatic heterocycles. The van der Waals surface area contributed by atoms with Gasteiger partial charge in [-0.05, 0) is 73.1 Å². The smallest absolute Gasteiger partial charge is 0.297 e. The molecule has 200 valence electrons. The summed E-state index contributed by atoms with van der Waals surface area (Å²) in [5.41, 5.74) is 5.85. The van der Waals surface area contributed by atoms with Gasteiger partial charge < -0.3 is 4.90 Å². The maximum absolute atomic E-state index is 13.8. The average molecular weight is 548 g/mol. The van der Waals surface area contributed by atoms with Crippen molar-refractivity contribution in [1.82, 2.24) is 23.9 Å². The number of rotatable bonds is 5. The Balaban J connectivity index is 1.30. The van der Waals surface area contributed by atoms with Crippen LogP contribution in [0.2, 0.25) is 0 Å². The summed E-state index contributed by atoms with van der Waals surface area (Å²) in [4.78, 5) is 7.36. The van der Waals surface area contributed by atoms with E-state index in [4.69, 9.17) is 0 Å². The van der Waals surface area contributed by atoms with Gasteiger partial charge in [-0.1, -0.05) is 18.2 Å². The van der Waals surface area contributed by atoms with E-state index in [1.165, 1.54) is 4.40 Å². The van der Waals surface area contributed by atoms with Crippen molar-refractivity contribution in [1.29, 1.82) is 5.26 Å². The second-order valence-electron chi connectivity index (χ2n) is 10.2. The van der Waals surface area contributed by atoms with Gasteiger partial charge in [0, 0.05) is 38.1 Å². The quantitative estimate of drug-likeness (QED) is 0.361. The second kappa shape index (κ2) is 10.1. The van der Waals surface area contributed by atoms with Crippen molar-refractivity contribution in [2.75, 3.05) is 18.0 Å². The molecule has 1 aromatic carbocycles. The molecule has 5 heterocycles. The van der Waals surface area contributed by atoms with Crippen LogP contribution in [0, 0.1) is 25.2 Å².